The predicted octanol–water partition coefficient (Wildman–Crippen LogP) is 11.4. The highest BCUT2D eigenvalue weighted by molar-refractivity contribution is 7.17. The molecule has 0 saturated carbocycles. The molecule has 0 unspecified atom stereocenters. The van der Waals surface area contributed by atoms with Gasteiger partial charge in [-0.2, -0.15) is 0 Å². The molecule has 288 valence electrons. The first-order valence-corrected chi connectivity index (χ1v) is 19.6. The van der Waals surface area contributed by atoms with Gasteiger partial charge in [0.25, 0.3) is 11.8 Å². The number of thiazole rings is 2. The molecular weight excluding hydrogens is 838 g/mol. The van der Waals surface area contributed by atoms with Gasteiger partial charge in [-0.15, -0.1) is 22.7 Å². The first-order valence-electron chi connectivity index (χ1n) is 16.5. The number of rotatable bonds is 8. The molecule has 56 heavy (non-hydrogen) atoms. The fourth-order valence-electron chi connectivity index (χ4n) is 4.96. The molecule has 10 nitrogen and oxygen atoms in total. The Labute approximate surface area is 350 Å². The van der Waals surface area contributed by atoms with Crippen LogP contribution in [0.2, 0.25) is 20.1 Å². The van der Waals surface area contributed by atoms with Crippen LogP contribution in [-0.2, 0) is 4.74 Å². The zero-order chi connectivity index (χ0) is 40.9. The number of aromatic nitrogens is 2. The molecule has 2 amide bonds. The molecule has 0 saturated heterocycles. The number of carbonyl (C=O) groups excluding carboxylic acids is 3. The number of hydrogen-bond donors (Lipinski definition) is 1. The average Bonchev–Trinajstić information content (AvgIpc) is 3.81. The zero-order valence-electron chi connectivity index (χ0n) is 30.3. The Morgan fingerprint density at radius 1 is 0.625 bits per heavy atom. The number of benzene rings is 4. The number of esters is 1. The lowest BCUT2D eigenvalue weighted by atomic mass is 10.2. The zero-order valence-corrected chi connectivity index (χ0v) is 35.0. The largest absolute Gasteiger partial charge is 0.477 e. The molecule has 6 aromatic rings. The highest BCUT2D eigenvalue weighted by Gasteiger charge is 2.30. The van der Waals surface area contributed by atoms with Gasteiger partial charge in [0.1, 0.15) is 15.6 Å². The number of carboxylic acids is 1. The van der Waals surface area contributed by atoms with Gasteiger partial charge in [-0.1, -0.05) is 107 Å². The van der Waals surface area contributed by atoms with Crippen molar-refractivity contribution >= 4 is 104 Å². The Kier molecular flexibility index (Phi) is 13.6. The third-order valence-electron chi connectivity index (χ3n) is 7.61. The summed E-state index contributed by atoms with van der Waals surface area (Å²) in [5, 5.41) is 11.9. The number of carbonyl (C=O) groups is 4. The second-order valence-corrected chi connectivity index (χ2v) is 16.5. The molecule has 0 aliphatic carbocycles. The Morgan fingerprint density at radius 3 is 1.39 bits per heavy atom. The van der Waals surface area contributed by atoms with E-state index in [1.807, 2.05) is 60.7 Å². The average molecular weight is 871 g/mol. The van der Waals surface area contributed by atoms with Gasteiger partial charge in [-0.3, -0.25) is 19.4 Å². The summed E-state index contributed by atoms with van der Waals surface area (Å²) in [6.07, 6.45) is 0. The van der Waals surface area contributed by atoms with Crippen LogP contribution in [-0.4, -0.2) is 58.5 Å². The quantitative estimate of drug-likeness (QED) is 0.150. The fraction of sp³-hybridized carbons (Fsp3) is 0.150. The van der Waals surface area contributed by atoms with Gasteiger partial charge in [0.2, 0.25) is 0 Å². The van der Waals surface area contributed by atoms with E-state index in [0.29, 0.717) is 20.1 Å². The Hall–Kier alpha value is -4.82. The lowest BCUT2D eigenvalue weighted by Crippen LogP contribution is -2.29. The van der Waals surface area contributed by atoms with Gasteiger partial charge in [0.05, 0.1) is 21.2 Å². The van der Waals surface area contributed by atoms with Gasteiger partial charge in [-0.25, -0.2) is 19.6 Å². The number of ether oxygens (including phenoxy) is 1. The van der Waals surface area contributed by atoms with E-state index in [1.165, 1.54) is 46.4 Å². The predicted molar refractivity (Wildman–Crippen MR) is 226 cm³/mol. The smallest absolute Gasteiger partial charge is 0.352 e. The summed E-state index contributed by atoms with van der Waals surface area (Å²) in [4.78, 5) is 62.0. The monoisotopic (exact) mass is 868 g/mol. The lowest BCUT2D eigenvalue weighted by molar-refractivity contribution is 0.00755. The highest BCUT2D eigenvalue weighted by Crippen LogP contribution is 2.36. The third-order valence-corrected chi connectivity index (χ3v) is 10.9. The molecule has 6 rings (SSSR count). The second-order valence-electron chi connectivity index (χ2n) is 12.9. The van der Waals surface area contributed by atoms with Gasteiger partial charge in [-0.05, 0) is 57.2 Å². The molecule has 0 radical (unpaired) electrons. The van der Waals surface area contributed by atoms with Gasteiger partial charge in [0.15, 0.2) is 21.4 Å². The number of hydrogen-bond acceptors (Lipinski definition) is 9. The van der Waals surface area contributed by atoms with Crippen LogP contribution in [0.1, 0.15) is 60.8 Å². The van der Waals surface area contributed by atoms with Crippen LogP contribution < -0.4 is 9.80 Å². The Bertz CT molecular complexity index is 2420. The molecule has 0 bridgehead atoms. The van der Waals surface area contributed by atoms with E-state index in [0.717, 1.165) is 22.5 Å². The number of amides is 2. The van der Waals surface area contributed by atoms with E-state index >= 15 is 0 Å². The van der Waals surface area contributed by atoms with Crippen molar-refractivity contribution in [3.63, 3.8) is 0 Å². The van der Waals surface area contributed by atoms with Crippen molar-refractivity contribution in [2.45, 2.75) is 26.4 Å². The van der Waals surface area contributed by atoms with E-state index in [-0.39, 0.29) is 42.6 Å². The molecule has 4 aromatic carbocycles. The number of nitrogens with zero attached hydrogens (tertiary/aromatic N) is 4. The summed E-state index contributed by atoms with van der Waals surface area (Å²) < 4.78 is 5.54. The number of anilines is 2. The molecular formula is C40H32Cl4N4O6S2. The normalized spacial score (nSPS) is 10.9. The van der Waals surface area contributed by atoms with Gasteiger partial charge < -0.3 is 9.84 Å². The van der Waals surface area contributed by atoms with Crippen molar-refractivity contribution in [2.75, 3.05) is 23.9 Å². The minimum absolute atomic E-state index is 0.0233. The molecule has 16 heteroatoms. The van der Waals surface area contributed by atoms with E-state index in [9.17, 15) is 24.3 Å². The van der Waals surface area contributed by atoms with E-state index < -0.39 is 29.4 Å². The maximum Gasteiger partial charge on any atom is 0.352 e. The standard InChI is InChI=1S/C22H20Cl2N2O3S.C18H12Cl2N2O3S/c1-22(2,3)29-21(28)17-18(25-19(30-17)13-8-6-5-7-9-13)26(4)20(27)15-11-10-14(23)12-16(15)24;1-22(17(23)12-8-7-11(19)9-13(12)20)15-14(18(24)25)26-16(21-15)10-5-3-2-4-6-10/h5-12H,1-4H3;2-9H,1H3,(H,24,25). The third kappa shape index (κ3) is 10.1. The van der Waals surface area contributed by atoms with E-state index in [2.05, 4.69) is 9.97 Å². The molecule has 0 fully saturated rings. The van der Waals surface area contributed by atoms with Crippen LogP contribution in [0.5, 0.6) is 0 Å². The molecule has 0 spiro atoms. The molecule has 0 aliphatic heterocycles. The van der Waals surface area contributed by atoms with Gasteiger partial charge in [0, 0.05) is 35.3 Å². The summed E-state index contributed by atoms with van der Waals surface area (Å²) in [7, 11) is 3.01. The number of halogens is 4. The minimum atomic E-state index is -1.15. The van der Waals surface area contributed by atoms with Crippen LogP contribution in [0.15, 0.2) is 97.1 Å². The maximum absolute atomic E-state index is 13.1. The SMILES string of the molecule is CN(C(=O)c1ccc(Cl)cc1Cl)c1nc(-c2ccccc2)sc1C(=O)O.CN(C(=O)c1ccc(Cl)cc1Cl)c1nc(-c2ccccc2)sc1C(=O)OC(C)(C)C. The first kappa shape index (κ1) is 42.3. The van der Waals surface area contributed by atoms with Crippen LogP contribution in [0.3, 0.4) is 0 Å². The first-order chi connectivity index (χ1) is 26.4. The molecule has 2 heterocycles. The van der Waals surface area contributed by atoms with Crippen molar-refractivity contribution in [3.05, 3.63) is 138 Å². The fourth-order valence-corrected chi connectivity index (χ4v) is 7.86. The van der Waals surface area contributed by atoms with Crippen LogP contribution in [0, 0.1) is 0 Å². The summed E-state index contributed by atoms with van der Waals surface area (Å²) in [6.45, 7) is 5.35. The number of aromatic carboxylic acids is 1. The summed E-state index contributed by atoms with van der Waals surface area (Å²) in [5.41, 5.74) is 1.39. The molecule has 1 N–H and O–H groups in total. The van der Waals surface area contributed by atoms with Crippen molar-refractivity contribution in [1.82, 2.24) is 9.97 Å². The Morgan fingerprint density at radius 2 is 1.02 bits per heavy atom. The summed E-state index contributed by atoms with van der Waals surface area (Å²) in [5.74, 6) is -2.30. The van der Waals surface area contributed by atoms with E-state index in [4.69, 9.17) is 51.1 Å². The second kappa shape index (κ2) is 18.0. The molecule has 0 aliphatic rings. The topological polar surface area (TPSA) is 130 Å². The van der Waals surface area contributed by atoms with Crippen molar-refractivity contribution in [1.29, 1.82) is 0 Å². The highest BCUT2D eigenvalue weighted by atomic mass is 35.5. The minimum Gasteiger partial charge on any atom is -0.477 e. The van der Waals surface area contributed by atoms with Crippen molar-refractivity contribution in [2.24, 2.45) is 0 Å². The van der Waals surface area contributed by atoms with Crippen LogP contribution in [0.4, 0.5) is 11.6 Å². The molecule has 0 atom stereocenters. The molecule has 2 aromatic heterocycles. The Balaban J connectivity index is 0.000000216. The maximum atomic E-state index is 13.1. The van der Waals surface area contributed by atoms with Crippen molar-refractivity contribution < 1.29 is 29.0 Å². The summed E-state index contributed by atoms with van der Waals surface area (Å²) >= 11 is 26.3. The van der Waals surface area contributed by atoms with Crippen molar-refractivity contribution in [3.8, 4) is 21.1 Å². The lowest BCUT2D eigenvalue weighted by Gasteiger charge is -2.21. The number of carboxylic acid groups (broad SMARTS) is 1. The van der Waals surface area contributed by atoms with Gasteiger partial charge >= 0.3 is 11.9 Å². The van der Waals surface area contributed by atoms with Crippen LogP contribution in [0.25, 0.3) is 21.1 Å². The van der Waals surface area contributed by atoms with E-state index in [1.54, 1.807) is 46.0 Å². The summed E-state index contributed by atoms with van der Waals surface area (Å²) in [6, 6.07) is 27.7. The van der Waals surface area contributed by atoms with Crippen LogP contribution >= 0.6 is 69.1 Å².